The molecule has 1 aromatic heterocycles. The second-order valence-corrected chi connectivity index (χ2v) is 8.36. The van der Waals surface area contributed by atoms with Crippen molar-refractivity contribution in [1.82, 2.24) is 4.98 Å². The van der Waals surface area contributed by atoms with Crippen LogP contribution in [0.1, 0.15) is 27.0 Å². The lowest BCUT2D eigenvalue weighted by atomic mass is 10.1. The van der Waals surface area contributed by atoms with Gasteiger partial charge in [-0.3, -0.25) is 10.1 Å². The fourth-order valence-corrected chi connectivity index (χ4v) is 4.45. The summed E-state index contributed by atoms with van der Waals surface area (Å²) in [6.07, 6.45) is 0. The summed E-state index contributed by atoms with van der Waals surface area (Å²) in [5, 5.41) is 11.8. The number of hydrogen-bond acceptors (Lipinski definition) is 9. The number of rotatable bonds is 7. The van der Waals surface area contributed by atoms with Crippen LogP contribution in [-0.2, 0) is 28.4 Å². The molecule has 0 unspecified atom stereocenters. The number of non-ortho nitro benzene ring substituents is 1. The van der Waals surface area contributed by atoms with Gasteiger partial charge < -0.3 is 18.6 Å². The van der Waals surface area contributed by atoms with E-state index in [9.17, 15) is 14.9 Å². The van der Waals surface area contributed by atoms with Gasteiger partial charge in [0.05, 0.1) is 17.1 Å². The maximum atomic E-state index is 12.9. The third-order valence-electron chi connectivity index (χ3n) is 5.20. The Morgan fingerprint density at radius 3 is 2.79 bits per heavy atom. The Balaban J connectivity index is 1.31. The molecule has 0 fully saturated rings. The maximum Gasteiger partial charge on any atom is 0.338 e. The molecule has 3 aromatic carbocycles. The van der Waals surface area contributed by atoms with Crippen molar-refractivity contribution in [2.75, 3.05) is 6.79 Å². The molecule has 4 aromatic rings. The van der Waals surface area contributed by atoms with Crippen LogP contribution in [0.15, 0.2) is 70.3 Å². The minimum absolute atomic E-state index is 0.0294. The minimum atomic E-state index is -0.541. The molecule has 1 aliphatic heterocycles. The molecule has 0 aliphatic carbocycles. The zero-order chi connectivity index (χ0) is 23.5. The number of oxazole rings is 1. The molecule has 0 spiro atoms. The molecule has 5 rings (SSSR count). The van der Waals surface area contributed by atoms with E-state index in [-0.39, 0.29) is 25.7 Å². The van der Waals surface area contributed by atoms with Gasteiger partial charge in [0.2, 0.25) is 0 Å². The Labute approximate surface area is 197 Å². The number of nitrogens with zero attached hydrogens (tertiary/aromatic N) is 2. The third-order valence-corrected chi connectivity index (χ3v) is 6.08. The van der Waals surface area contributed by atoms with E-state index in [1.807, 2.05) is 36.4 Å². The van der Waals surface area contributed by atoms with Crippen molar-refractivity contribution >= 4 is 34.5 Å². The average Bonchev–Trinajstić information content (AvgIpc) is 3.29. The summed E-state index contributed by atoms with van der Waals surface area (Å²) in [5.41, 5.74) is 3.46. The summed E-state index contributed by atoms with van der Waals surface area (Å²) in [6.45, 7) is 0.0466. The number of esters is 1. The van der Waals surface area contributed by atoms with Gasteiger partial charge >= 0.3 is 5.97 Å². The number of carbonyl (C=O) groups excluding carboxylic acids is 1. The predicted octanol–water partition coefficient (Wildman–Crippen LogP) is 5.25. The van der Waals surface area contributed by atoms with E-state index in [1.165, 1.54) is 23.9 Å². The van der Waals surface area contributed by atoms with Crippen LogP contribution in [0.3, 0.4) is 0 Å². The smallest absolute Gasteiger partial charge is 0.338 e. The van der Waals surface area contributed by atoms with Crippen molar-refractivity contribution < 1.29 is 28.3 Å². The summed E-state index contributed by atoms with van der Waals surface area (Å²) in [6, 6.07) is 17.3. The molecular weight excluding hydrogens is 460 g/mol. The number of para-hydroxylation sites is 2. The van der Waals surface area contributed by atoms with Crippen molar-refractivity contribution in [3.63, 3.8) is 0 Å². The van der Waals surface area contributed by atoms with E-state index in [0.717, 1.165) is 11.1 Å². The number of nitro benzene ring substituents is 1. The summed E-state index contributed by atoms with van der Waals surface area (Å²) in [5.74, 6) is 0.357. The Morgan fingerprint density at radius 2 is 1.94 bits per heavy atom. The summed E-state index contributed by atoms with van der Waals surface area (Å²) in [7, 11) is 0. The molecule has 0 radical (unpaired) electrons. The topological polar surface area (TPSA) is 114 Å². The molecule has 1 aliphatic rings. The van der Waals surface area contributed by atoms with Gasteiger partial charge in [-0.05, 0) is 23.8 Å². The SMILES string of the molecule is O=C(OCc1cc([N+](=O)[O-])cc2c1OCOC2)c1ccccc1CSc1nc2ccccc2o1. The van der Waals surface area contributed by atoms with Gasteiger partial charge in [0.15, 0.2) is 12.4 Å². The highest BCUT2D eigenvalue weighted by Crippen LogP contribution is 2.33. The van der Waals surface area contributed by atoms with Crippen molar-refractivity contribution in [3.8, 4) is 5.75 Å². The molecule has 172 valence electrons. The van der Waals surface area contributed by atoms with E-state index in [2.05, 4.69) is 4.98 Å². The molecule has 10 heteroatoms. The van der Waals surface area contributed by atoms with Crippen LogP contribution < -0.4 is 4.74 Å². The minimum Gasteiger partial charge on any atom is -0.467 e. The first kappa shape index (κ1) is 21.9. The summed E-state index contributed by atoms with van der Waals surface area (Å²) in [4.78, 5) is 28.1. The second kappa shape index (κ2) is 9.54. The van der Waals surface area contributed by atoms with Gasteiger partial charge in [0, 0.05) is 29.0 Å². The molecule has 0 atom stereocenters. The number of hydrogen-bond donors (Lipinski definition) is 0. The van der Waals surface area contributed by atoms with Crippen LogP contribution in [0.2, 0.25) is 0 Å². The lowest BCUT2D eigenvalue weighted by molar-refractivity contribution is -0.385. The normalized spacial score (nSPS) is 12.7. The van der Waals surface area contributed by atoms with E-state index < -0.39 is 10.9 Å². The highest BCUT2D eigenvalue weighted by atomic mass is 32.2. The molecule has 9 nitrogen and oxygen atoms in total. The van der Waals surface area contributed by atoms with Crippen LogP contribution in [0, 0.1) is 10.1 Å². The standard InChI is InChI=1S/C24H18N2O7S/c27-23(31-12-17-10-18(26(28)29)9-16-11-30-14-32-22(16)17)19-6-2-1-5-15(19)13-34-24-25-20-7-3-4-8-21(20)33-24/h1-10H,11-14H2. The molecule has 2 heterocycles. The van der Waals surface area contributed by atoms with E-state index in [4.69, 9.17) is 18.6 Å². The number of aromatic nitrogens is 1. The van der Waals surface area contributed by atoms with Crippen molar-refractivity contribution in [2.24, 2.45) is 0 Å². The predicted molar refractivity (Wildman–Crippen MR) is 123 cm³/mol. The molecule has 0 saturated carbocycles. The first-order valence-corrected chi connectivity index (χ1v) is 11.3. The lowest BCUT2D eigenvalue weighted by Crippen LogP contribution is -2.15. The molecule has 0 bridgehead atoms. The molecular formula is C24H18N2O7S. The van der Waals surface area contributed by atoms with Crippen LogP contribution >= 0.6 is 11.8 Å². The highest BCUT2D eigenvalue weighted by Gasteiger charge is 2.22. The maximum absolute atomic E-state index is 12.9. The van der Waals surface area contributed by atoms with Crippen LogP contribution in [0.25, 0.3) is 11.1 Å². The Morgan fingerprint density at radius 1 is 1.12 bits per heavy atom. The Bertz CT molecular complexity index is 1350. The number of ether oxygens (including phenoxy) is 3. The second-order valence-electron chi connectivity index (χ2n) is 7.43. The number of carbonyl (C=O) groups is 1. The van der Waals surface area contributed by atoms with Crippen molar-refractivity contribution in [3.05, 3.63) is 93.0 Å². The van der Waals surface area contributed by atoms with E-state index in [1.54, 1.807) is 12.1 Å². The zero-order valence-electron chi connectivity index (χ0n) is 17.8. The molecule has 0 N–H and O–H groups in total. The quantitative estimate of drug-likeness (QED) is 0.152. The molecule has 34 heavy (non-hydrogen) atoms. The fraction of sp³-hybridized carbons (Fsp3) is 0.167. The monoisotopic (exact) mass is 478 g/mol. The fourth-order valence-electron chi connectivity index (χ4n) is 3.61. The molecule has 0 amide bonds. The number of thioether (sulfide) groups is 1. The van der Waals surface area contributed by atoms with Gasteiger partial charge in [-0.1, -0.05) is 42.1 Å². The lowest BCUT2D eigenvalue weighted by Gasteiger charge is -2.20. The van der Waals surface area contributed by atoms with Crippen molar-refractivity contribution in [2.45, 2.75) is 24.2 Å². The van der Waals surface area contributed by atoms with E-state index >= 15 is 0 Å². The first-order valence-electron chi connectivity index (χ1n) is 10.3. The zero-order valence-corrected chi connectivity index (χ0v) is 18.6. The molecule has 0 saturated heterocycles. The summed E-state index contributed by atoms with van der Waals surface area (Å²) >= 11 is 1.37. The van der Waals surface area contributed by atoms with Gasteiger partial charge in [-0.2, -0.15) is 0 Å². The first-order chi connectivity index (χ1) is 16.6. The van der Waals surface area contributed by atoms with Gasteiger partial charge in [-0.15, -0.1) is 0 Å². The van der Waals surface area contributed by atoms with Gasteiger partial charge in [0.1, 0.15) is 17.9 Å². The van der Waals surface area contributed by atoms with Gasteiger partial charge in [-0.25, -0.2) is 9.78 Å². The number of fused-ring (bicyclic) bond motifs is 2. The van der Waals surface area contributed by atoms with E-state index in [0.29, 0.717) is 39.0 Å². The average molecular weight is 478 g/mol. The van der Waals surface area contributed by atoms with Gasteiger partial charge in [0.25, 0.3) is 10.9 Å². The Kier molecular flexibility index (Phi) is 6.15. The largest absolute Gasteiger partial charge is 0.467 e. The number of benzene rings is 3. The number of nitro groups is 1. The van der Waals surface area contributed by atoms with Crippen LogP contribution in [-0.4, -0.2) is 22.7 Å². The Hall–Kier alpha value is -3.89. The van der Waals surface area contributed by atoms with Crippen LogP contribution in [0.4, 0.5) is 5.69 Å². The highest BCUT2D eigenvalue weighted by molar-refractivity contribution is 7.98. The van der Waals surface area contributed by atoms with Crippen LogP contribution in [0.5, 0.6) is 5.75 Å². The van der Waals surface area contributed by atoms with Crippen molar-refractivity contribution in [1.29, 1.82) is 0 Å². The third kappa shape index (κ3) is 4.59. The summed E-state index contributed by atoms with van der Waals surface area (Å²) < 4.78 is 22.0.